The lowest BCUT2D eigenvalue weighted by Gasteiger charge is -2.32. The zero-order chi connectivity index (χ0) is 11.4. The molecular weight excluding hydrogens is 236 g/mol. The first kappa shape index (κ1) is 14.8. The monoisotopic (exact) mass is 260 g/mol. The molecule has 100 valence electrons. The molecule has 0 spiro atoms. The molecule has 0 bridgehead atoms. The Bertz CT molecular complexity index is 242. The molecule has 3 nitrogen and oxygen atoms in total. The van der Waals surface area contributed by atoms with Gasteiger partial charge in [0, 0.05) is 18.0 Å². The van der Waals surface area contributed by atoms with Crippen molar-refractivity contribution in [1.82, 2.24) is 10.6 Å². The van der Waals surface area contributed by atoms with E-state index >= 15 is 0 Å². The van der Waals surface area contributed by atoms with Gasteiger partial charge in [-0.05, 0) is 39.2 Å². The summed E-state index contributed by atoms with van der Waals surface area (Å²) >= 11 is 0. The number of carbonyl (C=O) groups is 1. The highest BCUT2D eigenvalue weighted by Gasteiger charge is 2.26. The maximum Gasteiger partial charge on any atom is 0.223 e. The highest BCUT2D eigenvalue weighted by atomic mass is 35.5. The fraction of sp³-hybridized carbons (Fsp3) is 0.923. The molecular formula is C13H25ClN2O. The Morgan fingerprint density at radius 2 is 1.82 bits per heavy atom. The summed E-state index contributed by atoms with van der Waals surface area (Å²) in [6.07, 6.45) is 8.28. The van der Waals surface area contributed by atoms with E-state index < -0.39 is 0 Å². The summed E-state index contributed by atoms with van der Waals surface area (Å²) in [5.41, 5.74) is 0. The van der Waals surface area contributed by atoms with Crippen LogP contribution in [0.5, 0.6) is 0 Å². The zero-order valence-electron chi connectivity index (χ0n) is 10.7. The Labute approximate surface area is 111 Å². The lowest BCUT2D eigenvalue weighted by atomic mass is 9.88. The van der Waals surface area contributed by atoms with Crippen molar-refractivity contribution >= 4 is 18.3 Å². The van der Waals surface area contributed by atoms with E-state index in [1.54, 1.807) is 0 Å². The quantitative estimate of drug-likeness (QED) is 0.800. The molecule has 4 heteroatoms. The number of halogens is 1. The molecule has 1 saturated carbocycles. The number of hydrogen-bond acceptors (Lipinski definition) is 2. The predicted octanol–water partition coefficient (Wildman–Crippen LogP) is 2.25. The number of piperidine rings is 1. The van der Waals surface area contributed by atoms with Gasteiger partial charge in [0.25, 0.3) is 0 Å². The van der Waals surface area contributed by atoms with Gasteiger partial charge in [-0.15, -0.1) is 12.4 Å². The Hall–Kier alpha value is -0.280. The fourth-order valence-electron chi connectivity index (χ4n) is 2.91. The molecule has 1 saturated heterocycles. The lowest BCUT2D eigenvalue weighted by Crippen LogP contribution is -2.53. The predicted molar refractivity (Wildman–Crippen MR) is 72.5 cm³/mol. The molecule has 17 heavy (non-hydrogen) atoms. The summed E-state index contributed by atoms with van der Waals surface area (Å²) in [4.78, 5) is 12.1. The normalized spacial score (nSPS) is 30.4. The van der Waals surface area contributed by atoms with Crippen LogP contribution in [0.2, 0.25) is 0 Å². The van der Waals surface area contributed by atoms with Crippen LogP contribution in [0.25, 0.3) is 0 Å². The molecule has 0 aromatic heterocycles. The van der Waals surface area contributed by atoms with Crippen LogP contribution in [0, 0.1) is 5.92 Å². The number of amides is 1. The van der Waals surface area contributed by atoms with E-state index in [4.69, 9.17) is 0 Å². The summed E-state index contributed by atoms with van der Waals surface area (Å²) in [5, 5.41) is 6.66. The van der Waals surface area contributed by atoms with Crippen LogP contribution in [-0.2, 0) is 4.79 Å². The second-order valence-electron chi connectivity index (χ2n) is 5.34. The van der Waals surface area contributed by atoms with E-state index in [2.05, 4.69) is 17.6 Å². The van der Waals surface area contributed by atoms with Gasteiger partial charge in [0.2, 0.25) is 5.91 Å². The minimum Gasteiger partial charge on any atom is -0.352 e. The molecule has 2 N–H and O–H groups in total. The molecule has 2 atom stereocenters. The molecule has 1 aliphatic heterocycles. The minimum atomic E-state index is 0. The van der Waals surface area contributed by atoms with Gasteiger partial charge in [-0.1, -0.05) is 19.3 Å². The Morgan fingerprint density at radius 3 is 2.47 bits per heavy atom. The van der Waals surface area contributed by atoms with Crippen LogP contribution < -0.4 is 10.6 Å². The van der Waals surface area contributed by atoms with Crippen LogP contribution in [-0.4, -0.2) is 24.5 Å². The first-order valence-electron chi connectivity index (χ1n) is 6.81. The molecule has 2 aliphatic rings. The van der Waals surface area contributed by atoms with Gasteiger partial charge >= 0.3 is 0 Å². The standard InChI is InChI=1S/C13H24N2O.ClH/c1-10-12(8-5-9-14-10)15-13(16)11-6-3-2-4-7-11;/h10-12,14H,2-9H2,1H3,(H,15,16);1H. The van der Waals surface area contributed by atoms with Gasteiger partial charge in [0.1, 0.15) is 0 Å². The van der Waals surface area contributed by atoms with Crippen LogP contribution in [0.1, 0.15) is 51.9 Å². The van der Waals surface area contributed by atoms with Crippen molar-refractivity contribution in [3.8, 4) is 0 Å². The van der Waals surface area contributed by atoms with Gasteiger partial charge in [-0.3, -0.25) is 4.79 Å². The SMILES string of the molecule is CC1NCCCC1NC(=O)C1CCCCC1.Cl. The van der Waals surface area contributed by atoms with Crippen LogP contribution >= 0.6 is 12.4 Å². The van der Waals surface area contributed by atoms with Gasteiger partial charge in [0.05, 0.1) is 0 Å². The van der Waals surface area contributed by atoms with Gasteiger partial charge in [0.15, 0.2) is 0 Å². The van der Waals surface area contributed by atoms with Gasteiger partial charge in [-0.2, -0.15) is 0 Å². The van der Waals surface area contributed by atoms with E-state index in [0.29, 0.717) is 23.9 Å². The second kappa shape index (κ2) is 7.22. The van der Waals surface area contributed by atoms with E-state index in [-0.39, 0.29) is 12.4 Å². The summed E-state index contributed by atoms with van der Waals surface area (Å²) < 4.78 is 0. The van der Waals surface area contributed by atoms with Crippen molar-refractivity contribution < 1.29 is 4.79 Å². The van der Waals surface area contributed by atoms with E-state index in [0.717, 1.165) is 25.8 Å². The minimum absolute atomic E-state index is 0. The first-order valence-corrected chi connectivity index (χ1v) is 6.81. The zero-order valence-corrected chi connectivity index (χ0v) is 11.5. The Morgan fingerprint density at radius 1 is 1.12 bits per heavy atom. The van der Waals surface area contributed by atoms with E-state index in [1.165, 1.54) is 25.7 Å². The third kappa shape index (κ3) is 4.14. The van der Waals surface area contributed by atoms with Crippen molar-refractivity contribution in [3.63, 3.8) is 0 Å². The first-order chi connectivity index (χ1) is 7.77. The molecule has 2 rings (SSSR count). The topological polar surface area (TPSA) is 41.1 Å². The lowest BCUT2D eigenvalue weighted by molar-refractivity contribution is -0.127. The van der Waals surface area contributed by atoms with Gasteiger partial charge in [-0.25, -0.2) is 0 Å². The maximum atomic E-state index is 12.1. The average Bonchev–Trinajstić information content (AvgIpc) is 2.33. The van der Waals surface area contributed by atoms with Crippen LogP contribution in [0.4, 0.5) is 0 Å². The number of hydrogen-bond donors (Lipinski definition) is 2. The third-order valence-corrected chi connectivity index (χ3v) is 4.07. The van der Waals surface area contributed by atoms with Crippen molar-refractivity contribution in [2.45, 2.75) is 64.0 Å². The second-order valence-corrected chi connectivity index (χ2v) is 5.34. The maximum absolute atomic E-state index is 12.1. The molecule has 0 radical (unpaired) electrons. The van der Waals surface area contributed by atoms with Crippen LogP contribution in [0.3, 0.4) is 0 Å². The average molecular weight is 261 g/mol. The molecule has 1 amide bonds. The van der Waals surface area contributed by atoms with Gasteiger partial charge < -0.3 is 10.6 Å². The summed E-state index contributed by atoms with van der Waals surface area (Å²) in [6, 6.07) is 0.782. The molecule has 0 aromatic rings. The Kier molecular flexibility index (Phi) is 6.28. The molecule has 2 unspecified atom stereocenters. The van der Waals surface area contributed by atoms with Crippen molar-refractivity contribution in [1.29, 1.82) is 0 Å². The number of rotatable bonds is 2. The number of nitrogens with one attached hydrogen (secondary N) is 2. The fourth-order valence-corrected chi connectivity index (χ4v) is 2.91. The molecule has 1 aliphatic carbocycles. The van der Waals surface area contributed by atoms with Crippen molar-refractivity contribution in [2.75, 3.05) is 6.54 Å². The number of carbonyl (C=O) groups excluding carboxylic acids is 1. The summed E-state index contributed by atoms with van der Waals surface area (Å²) in [6.45, 7) is 3.27. The molecule has 0 aromatic carbocycles. The smallest absolute Gasteiger partial charge is 0.223 e. The summed E-state index contributed by atoms with van der Waals surface area (Å²) in [5.74, 6) is 0.600. The van der Waals surface area contributed by atoms with Crippen molar-refractivity contribution in [3.05, 3.63) is 0 Å². The van der Waals surface area contributed by atoms with Crippen LogP contribution in [0.15, 0.2) is 0 Å². The largest absolute Gasteiger partial charge is 0.352 e. The summed E-state index contributed by atoms with van der Waals surface area (Å²) in [7, 11) is 0. The van der Waals surface area contributed by atoms with E-state index in [1.807, 2.05) is 0 Å². The highest BCUT2D eigenvalue weighted by Crippen LogP contribution is 2.24. The van der Waals surface area contributed by atoms with Crippen molar-refractivity contribution in [2.24, 2.45) is 5.92 Å². The Balaban J connectivity index is 0.00000144. The molecule has 2 fully saturated rings. The highest BCUT2D eigenvalue weighted by molar-refractivity contribution is 5.85. The molecule has 1 heterocycles. The van der Waals surface area contributed by atoms with E-state index in [9.17, 15) is 4.79 Å². The third-order valence-electron chi connectivity index (χ3n) is 4.07.